The van der Waals surface area contributed by atoms with Crippen LogP contribution in [-0.2, 0) is 12.6 Å². The second-order valence-corrected chi connectivity index (χ2v) is 5.02. The molecule has 0 bridgehead atoms. The van der Waals surface area contributed by atoms with E-state index in [9.17, 15) is 13.2 Å². The molecule has 1 N–H and O–H groups in total. The molecule has 0 saturated carbocycles. The van der Waals surface area contributed by atoms with Crippen LogP contribution < -0.4 is 10.1 Å². The number of anilines is 1. The Hall–Kier alpha value is -2.17. The van der Waals surface area contributed by atoms with Crippen molar-refractivity contribution in [3.63, 3.8) is 0 Å². The largest absolute Gasteiger partial charge is 0.486 e. The number of nitrogens with one attached hydrogen (secondary N) is 1. The van der Waals surface area contributed by atoms with Crippen molar-refractivity contribution in [1.29, 1.82) is 0 Å². The van der Waals surface area contributed by atoms with Crippen LogP contribution in [0.25, 0.3) is 0 Å². The van der Waals surface area contributed by atoms with E-state index in [2.05, 4.69) is 5.32 Å². The van der Waals surface area contributed by atoms with E-state index in [0.29, 0.717) is 18.5 Å². The van der Waals surface area contributed by atoms with Crippen molar-refractivity contribution < 1.29 is 17.9 Å². The van der Waals surface area contributed by atoms with Crippen molar-refractivity contribution in [2.24, 2.45) is 0 Å². The van der Waals surface area contributed by atoms with Gasteiger partial charge in [-0.15, -0.1) is 0 Å². The van der Waals surface area contributed by atoms with Gasteiger partial charge < -0.3 is 10.1 Å². The normalized spacial score (nSPS) is 17.6. The lowest BCUT2D eigenvalue weighted by molar-refractivity contribution is -0.137. The molecule has 1 aliphatic heterocycles. The summed E-state index contributed by atoms with van der Waals surface area (Å²) in [4.78, 5) is 0. The molecule has 1 atom stereocenters. The number of benzene rings is 2. The van der Waals surface area contributed by atoms with Gasteiger partial charge >= 0.3 is 6.18 Å². The van der Waals surface area contributed by atoms with Crippen LogP contribution in [0.15, 0.2) is 48.5 Å². The van der Waals surface area contributed by atoms with Gasteiger partial charge in [-0.05, 0) is 23.8 Å². The third kappa shape index (κ3) is 3.12. The van der Waals surface area contributed by atoms with Gasteiger partial charge in [-0.25, -0.2) is 0 Å². The number of hydrogen-bond donors (Lipinski definition) is 1. The molecule has 110 valence electrons. The van der Waals surface area contributed by atoms with E-state index in [1.807, 2.05) is 24.3 Å². The van der Waals surface area contributed by atoms with Crippen LogP contribution in [0.5, 0.6) is 5.75 Å². The second-order valence-electron chi connectivity index (χ2n) is 5.02. The first-order valence-electron chi connectivity index (χ1n) is 6.68. The summed E-state index contributed by atoms with van der Waals surface area (Å²) in [5, 5.41) is 3.23. The number of ether oxygens (including phenoxy) is 1. The quantitative estimate of drug-likeness (QED) is 0.899. The minimum Gasteiger partial charge on any atom is -0.486 e. The molecule has 1 heterocycles. The summed E-state index contributed by atoms with van der Waals surface area (Å²) in [5.41, 5.74) is 0.915. The van der Waals surface area contributed by atoms with Gasteiger partial charge in [0.15, 0.2) is 0 Å². The molecular weight excluding hydrogens is 279 g/mol. The number of fused-ring (bicyclic) bond motifs is 1. The lowest BCUT2D eigenvalue weighted by atomic mass is 10.0. The van der Waals surface area contributed by atoms with E-state index in [4.69, 9.17) is 4.74 Å². The van der Waals surface area contributed by atoms with E-state index < -0.39 is 11.7 Å². The maximum atomic E-state index is 12.7. The molecule has 2 aromatic rings. The van der Waals surface area contributed by atoms with Crippen molar-refractivity contribution in [2.45, 2.75) is 18.7 Å². The molecule has 0 spiro atoms. The Labute approximate surface area is 120 Å². The zero-order chi connectivity index (χ0) is 14.9. The molecule has 0 fully saturated rings. The molecule has 0 aromatic heterocycles. The Kier molecular flexibility index (Phi) is 3.49. The SMILES string of the molecule is FC(F)(F)c1cccc(CC2CNc3ccccc3O2)c1. The number of alkyl halides is 3. The van der Waals surface area contributed by atoms with Crippen LogP contribution in [0.1, 0.15) is 11.1 Å². The molecule has 1 aliphatic rings. The monoisotopic (exact) mass is 293 g/mol. The molecule has 0 saturated heterocycles. The van der Waals surface area contributed by atoms with Crippen molar-refractivity contribution >= 4 is 5.69 Å². The van der Waals surface area contributed by atoms with Gasteiger partial charge in [-0.1, -0.05) is 30.3 Å². The van der Waals surface area contributed by atoms with Crippen molar-refractivity contribution in [1.82, 2.24) is 0 Å². The van der Waals surface area contributed by atoms with Crippen molar-refractivity contribution in [3.8, 4) is 5.75 Å². The summed E-state index contributed by atoms with van der Waals surface area (Å²) in [6, 6.07) is 12.9. The van der Waals surface area contributed by atoms with Crippen molar-refractivity contribution in [3.05, 3.63) is 59.7 Å². The van der Waals surface area contributed by atoms with Crippen LogP contribution in [0, 0.1) is 0 Å². The van der Waals surface area contributed by atoms with Gasteiger partial charge in [-0.3, -0.25) is 0 Å². The fourth-order valence-corrected chi connectivity index (χ4v) is 2.41. The second kappa shape index (κ2) is 5.31. The van der Waals surface area contributed by atoms with Crippen LogP contribution >= 0.6 is 0 Å². The summed E-state index contributed by atoms with van der Waals surface area (Å²) in [6.07, 6.45) is -4.05. The Morgan fingerprint density at radius 1 is 1.10 bits per heavy atom. The smallest absolute Gasteiger partial charge is 0.416 e. The molecule has 2 aromatic carbocycles. The highest BCUT2D eigenvalue weighted by atomic mass is 19.4. The Morgan fingerprint density at radius 2 is 1.90 bits per heavy atom. The Balaban J connectivity index is 1.74. The zero-order valence-electron chi connectivity index (χ0n) is 11.2. The highest BCUT2D eigenvalue weighted by Crippen LogP contribution is 2.31. The first-order valence-corrected chi connectivity index (χ1v) is 6.68. The number of hydrogen-bond acceptors (Lipinski definition) is 2. The van der Waals surface area contributed by atoms with Crippen LogP contribution in [0.4, 0.5) is 18.9 Å². The number of para-hydroxylation sites is 2. The minimum atomic E-state index is -4.31. The molecule has 0 amide bonds. The lowest BCUT2D eigenvalue weighted by Gasteiger charge is -2.27. The van der Waals surface area contributed by atoms with Crippen LogP contribution in [0.3, 0.4) is 0 Å². The maximum Gasteiger partial charge on any atom is 0.416 e. The lowest BCUT2D eigenvalue weighted by Crippen LogP contribution is -2.32. The molecule has 2 nitrogen and oxygen atoms in total. The Morgan fingerprint density at radius 3 is 2.71 bits per heavy atom. The highest BCUT2D eigenvalue weighted by Gasteiger charge is 2.30. The average Bonchev–Trinajstić information content (AvgIpc) is 2.46. The third-order valence-electron chi connectivity index (χ3n) is 3.42. The molecule has 0 aliphatic carbocycles. The zero-order valence-corrected chi connectivity index (χ0v) is 11.2. The fourth-order valence-electron chi connectivity index (χ4n) is 2.41. The van der Waals surface area contributed by atoms with Gasteiger partial charge in [-0.2, -0.15) is 13.2 Å². The standard InChI is InChI=1S/C16H14F3NO/c17-16(18,19)12-5-3-4-11(8-12)9-13-10-20-14-6-1-2-7-15(14)21-13/h1-8,13,20H,9-10H2. The predicted molar refractivity (Wildman–Crippen MR) is 74.5 cm³/mol. The fraction of sp³-hybridized carbons (Fsp3) is 0.250. The summed E-state index contributed by atoms with van der Waals surface area (Å²) >= 11 is 0. The summed E-state index contributed by atoms with van der Waals surface area (Å²) in [6.45, 7) is 0.577. The van der Waals surface area contributed by atoms with E-state index in [1.165, 1.54) is 12.1 Å². The summed E-state index contributed by atoms with van der Waals surface area (Å²) < 4.78 is 43.9. The first kappa shape index (κ1) is 13.8. The molecule has 5 heteroatoms. The first-order chi connectivity index (χ1) is 10.0. The van der Waals surface area contributed by atoms with Gasteiger partial charge in [0.1, 0.15) is 11.9 Å². The maximum absolute atomic E-state index is 12.7. The van der Waals surface area contributed by atoms with Gasteiger partial charge in [0, 0.05) is 6.42 Å². The topological polar surface area (TPSA) is 21.3 Å². The van der Waals surface area contributed by atoms with Gasteiger partial charge in [0.25, 0.3) is 0 Å². The summed E-state index contributed by atoms with van der Waals surface area (Å²) in [5.74, 6) is 0.737. The highest BCUT2D eigenvalue weighted by molar-refractivity contribution is 5.57. The summed E-state index contributed by atoms with van der Waals surface area (Å²) in [7, 11) is 0. The number of halogens is 3. The van der Waals surface area contributed by atoms with E-state index in [1.54, 1.807) is 6.07 Å². The average molecular weight is 293 g/mol. The van der Waals surface area contributed by atoms with Gasteiger partial charge in [0.05, 0.1) is 17.8 Å². The van der Waals surface area contributed by atoms with Crippen LogP contribution in [-0.4, -0.2) is 12.6 Å². The molecular formula is C16H14F3NO. The van der Waals surface area contributed by atoms with E-state index >= 15 is 0 Å². The molecule has 3 rings (SSSR count). The predicted octanol–water partition coefficient (Wildman–Crippen LogP) is 4.12. The van der Waals surface area contributed by atoms with E-state index in [0.717, 1.165) is 17.5 Å². The third-order valence-corrected chi connectivity index (χ3v) is 3.42. The minimum absolute atomic E-state index is 0.177. The van der Waals surface area contributed by atoms with Gasteiger partial charge in [0.2, 0.25) is 0 Å². The van der Waals surface area contributed by atoms with Crippen molar-refractivity contribution in [2.75, 3.05) is 11.9 Å². The number of rotatable bonds is 2. The Bertz CT molecular complexity index is 639. The van der Waals surface area contributed by atoms with E-state index in [-0.39, 0.29) is 6.10 Å². The molecule has 21 heavy (non-hydrogen) atoms. The van der Waals surface area contributed by atoms with Crippen LogP contribution in [0.2, 0.25) is 0 Å². The molecule has 1 unspecified atom stereocenters. The molecule has 0 radical (unpaired) electrons.